The molecule has 2 nitrogen and oxygen atoms in total. The molecular weight excluding hydrogens is 414 g/mol. The molecule has 1 N–H and O–H groups in total. The molecule has 0 heterocycles. The lowest BCUT2D eigenvalue weighted by atomic mass is 9.85. The molecule has 26 heavy (non-hydrogen) atoms. The summed E-state index contributed by atoms with van der Waals surface area (Å²) in [6.07, 6.45) is 3.27. The van der Waals surface area contributed by atoms with E-state index in [0.29, 0.717) is 42.4 Å². The van der Waals surface area contributed by atoms with Crippen molar-refractivity contribution in [2.75, 3.05) is 0 Å². The zero-order chi connectivity index (χ0) is 18.8. The molecule has 0 bridgehead atoms. The number of carbonyl (C=O) groups is 1. The van der Waals surface area contributed by atoms with Gasteiger partial charge in [-0.3, -0.25) is 4.79 Å². The lowest BCUT2D eigenvalue weighted by molar-refractivity contribution is -0.113. The molecule has 0 saturated heterocycles. The van der Waals surface area contributed by atoms with Gasteiger partial charge in [0.15, 0.2) is 5.78 Å². The van der Waals surface area contributed by atoms with Crippen LogP contribution in [0.4, 0.5) is 0 Å². The minimum atomic E-state index is -0.651. The van der Waals surface area contributed by atoms with E-state index >= 15 is 0 Å². The lowest BCUT2D eigenvalue weighted by Crippen LogP contribution is -2.23. The number of halogens is 4. The number of rotatable bonds is 2. The summed E-state index contributed by atoms with van der Waals surface area (Å²) in [5, 5.41) is 12.1. The van der Waals surface area contributed by atoms with Crippen LogP contribution in [-0.2, 0) is 4.79 Å². The van der Waals surface area contributed by atoms with Gasteiger partial charge in [-0.05, 0) is 47.5 Å². The summed E-state index contributed by atoms with van der Waals surface area (Å²) in [5.41, 5.74) is 2.34. The van der Waals surface area contributed by atoms with Crippen LogP contribution in [0, 0.1) is 0 Å². The van der Waals surface area contributed by atoms with Crippen molar-refractivity contribution < 1.29 is 9.90 Å². The predicted octanol–water partition coefficient (Wildman–Crippen LogP) is 6.49. The Bertz CT molecular complexity index is 858. The first kappa shape index (κ1) is 19.5. The summed E-state index contributed by atoms with van der Waals surface area (Å²) in [7, 11) is 0. The molecule has 0 atom stereocenters. The number of Topliss-reactive ketones (excluding diaryl/α,β-unsaturated/α-hetero) is 1. The maximum atomic E-state index is 12.9. The minimum absolute atomic E-state index is 0.132. The molecule has 3 rings (SSSR count). The Balaban J connectivity index is 1.97. The number of aliphatic hydroxyl groups is 1. The van der Waals surface area contributed by atoms with E-state index in [4.69, 9.17) is 46.4 Å². The van der Waals surface area contributed by atoms with Gasteiger partial charge in [0.1, 0.15) is 0 Å². The standard InChI is InChI=1S/C20H14Cl4O2/c21-15-3-1-11(18(23)9-15)5-13-7-17(25)8-14(20(13)26)6-12-2-4-16(22)10-19(12)24/h1-6,9-10,17,25H,7-8H2/b13-5+,14-6+. The van der Waals surface area contributed by atoms with Crippen molar-refractivity contribution in [3.05, 3.63) is 78.8 Å². The molecule has 6 heteroatoms. The third kappa shape index (κ3) is 4.51. The molecule has 1 aliphatic carbocycles. The van der Waals surface area contributed by atoms with E-state index in [2.05, 4.69) is 0 Å². The van der Waals surface area contributed by atoms with Crippen molar-refractivity contribution in [1.29, 1.82) is 0 Å². The van der Waals surface area contributed by atoms with Crippen molar-refractivity contribution in [1.82, 2.24) is 0 Å². The molecule has 0 unspecified atom stereocenters. The van der Waals surface area contributed by atoms with Crippen LogP contribution < -0.4 is 0 Å². The van der Waals surface area contributed by atoms with E-state index in [0.717, 1.165) is 0 Å². The fourth-order valence-electron chi connectivity index (χ4n) is 2.83. The van der Waals surface area contributed by atoms with Crippen LogP contribution in [0.5, 0.6) is 0 Å². The first-order chi connectivity index (χ1) is 12.3. The Morgan fingerprint density at radius 1 is 0.808 bits per heavy atom. The maximum absolute atomic E-state index is 12.9. The van der Waals surface area contributed by atoms with Crippen molar-refractivity contribution in [3.63, 3.8) is 0 Å². The third-order valence-electron chi connectivity index (χ3n) is 4.08. The number of hydrogen-bond acceptors (Lipinski definition) is 2. The summed E-state index contributed by atoms with van der Waals surface area (Å²) in [4.78, 5) is 12.9. The topological polar surface area (TPSA) is 37.3 Å². The average Bonchev–Trinajstić information content (AvgIpc) is 2.56. The van der Waals surface area contributed by atoms with Gasteiger partial charge in [-0.2, -0.15) is 0 Å². The largest absolute Gasteiger partial charge is 0.392 e. The Morgan fingerprint density at radius 2 is 1.23 bits per heavy atom. The minimum Gasteiger partial charge on any atom is -0.392 e. The van der Waals surface area contributed by atoms with Gasteiger partial charge >= 0.3 is 0 Å². The number of aliphatic hydroxyl groups excluding tert-OH is 1. The summed E-state index contributed by atoms with van der Waals surface area (Å²) < 4.78 is 0. The van der Waals surface area contributed by atoms with Crippen LogP contribution in [0.2, 0.25) is 20.1 Å². The zero-order valence-corrected chi connectivity index (χ0v) is 16.5. The highest BCUT2D eigenvalue weighted by atomic mass is 35.5. The van der Waals surface area contributed by atoms with Crippen molar-refractivity contribution in [3.8, 4) is 0 Å². The van der Waals surface area contributed by atoms with Gasteiger partial charge in [-0.1, -0.05) is 58.5 Å². The lowest BCUT2D eigenvalue weighted by Gasteiger charge is -2.22. The molecule has 0 radical (unpaired) electrons. The van der Waals surface area contributed by atoms with E-state index in [1.807, 2.05) is 0 Å². The number of ketones is 1. The second-order valence-corrected chi connectivity index (χ2v) is 7.75. The van der Waals surface area contributed by atoms with Crippen LogP contribution >= 0.6 is 46.4 Å². The van der Waals surface area contributed by atoms with E-state index < -0.39 is 6.10 Å². The van der Waals surface area contributed by atoms with E-state index in [9.17, 15) is 9.90 Å². The fourth-order valence-corrected chi connectivity index (χ4v) is 3.76. The summed E-state index contributed by atoms with van der Waals surface area (Å²) in [5.74, 6) is -0.132. The molecule has 0 aromatic heterocycles. The Morgan fingerprint density at radius 3 is 1.62 bits per heavy atom. The molecule has 2 aromatic rings. The molecule has 1 fully saturated rings. The molecule has 134 valence electrons. The number of benzene rings is 2. The summed E-state index contributed by atoms with van der Waals surface area (Å²) in [6.45, 7) is 0. The Kier molecular flexibility index (Phi) is 6.11. The van der Waals surface area contributed by atoms with Crippen LogP contribution in [0.1, 0.15) is 24.0 Å². The average molecular weight is 428 g/mol. The van der Waals surface area contributed by atoms with Crippen LogP contribution in [0.3, 0.4) is 0 Å². The second kappa shape index (κ2) is 8.16. The van der Waals surface area contributed by atoms with E-state index in [1.54, 1.807) is 48.6 Å². The highest BCUT2D eigenvalue weighted by molar-refractivity contribution is 6.36. The molecule has 2 aromatic carbocycles. The monoisotopic (exact) mass is 426 g/mol. The molecule has 0 aliphatic heterocycles. The third-order valence-corrected chi connectivity index (χ3v) is 5.20. The smallest absolute Gasteiger partial charge is 0.185 e. The molecular formula is C20H14Cl4O2. The SMILES string of the molecule is O=C1/C(=C/c2ccc(Cl)cc2Cl)CC(O)C/C1=C\c1ccc(Cl)cc1Cl. The van der Waals surface area contributed by atoms with Gasteiger partial charge in [0.25, 0.3) is 0 Å². The van der Waals surface area contributed by atoms with Gasteiger partial charge in [0.05, 0.1) is 6.10 Å². The van der Waals surface area contributed by atoms with E-state index in [-0.39, 0.29) is 18.6 Å². The highest BCUT2D eigenvalue weighted by Gasteiger charge is 2.26. The van der Waals surface area contributed by atoms with Gasteiger partial charge < -0.3 is 5.11 Å². The summed E-state index contributed by atoms with van der Waals surface area (Å²) >= 11 is 24.2. The maximum Gasteiger partial charge on any atom is 0.185 e. The fraction of sp³-hybridized carbons (Fsp3) is 0.150. The first-order valence-corrected chi connectivity index (χ1v) is 9.38. The molecule has 1 aliphatic rings. The molecule has 0 amide bonds. The van der Waals surface area contributed by atoms with Gasteiger partial charge in [0, 0.05) is 44.1 Å². The second-order valence-electron chi connectivity index (χ2n) is 6.06. The van der Waals surface area contributed by atoms with Gasteiger partial charge in [-0.25, -0.2) is 0 Å². The van der Waals surface area contributed by atoms with Gasteiger partial charge in [0.2, 0.25) is 0 Å². The van der Waals surface area contributed by atoms with Crippen molar-refractivity contribution in [2.45, 2.75) is 18.9 Å². The van der Waals surface area contributed by atoms with Crippen LogP contribution in [-0.4, -0.2) is 17.0 Å². The van der Waals surface area contributed by atoms with Crippen molar-refractivity contribution >= 4 is 64.3 Å². The summed E-state index contributed by atoms with van der Waals surface area (Å²) in [6, 6.07) is 10.1. The zero-order valence-electron chi connectivity index (χ0n) is 13.5. The number of hydrogen-bond donors (Lipinski definition) is 1. The first-order valence-electron chi connectivity index (χ1n) is 7.87. The highest BCUT2D eigenvalue weighted by Crippen LogP contribution is 2.32. The predicted molar refractivity (Wildman–Crippen MR) is 109 cm³/mol. The van der Waals surface area contributed by atoms with E-state index in [1.165, 1.54) is 0 Å². The quantitative estimate of drug-likeness (QED) is 0.556. The molecule has 0 spiro atoms. The Labute approximate surface area is 171 Å². The molecule has 1 saturated carbocycles. The van der Waals surface area contributed by atoms with Crippen molar-refractivity contribution in [2.24, 2.45) is 0 Å². The normalized spacial score (nSPS) is 20.8. The Hall–Kier alpha value is -1.29. The van der Waals surface area contributed by atoms with Crippen LogP contribution in [0.15, 0.2) is 47.5 Å². The van der Waals surface area contributed by atoms with Crippen LogP contribution in [0.25, 0.3) is 12.2 Å². The van der Waals surface area contributed by atoms with Gasteiger partial charge in [-0.15, -0.1) is 0 Å². The number of carbonyl (C=O) groups excluding carboxylic acids is 1.